The number of hydrogen-bond acceptors (Lipinski definition) is 1. The van der Waals surface area contributed by atoms with Crippen LogP contribution in [0.3, 0.4) is 0 Å². The van der Waals surface area contributed by atoms with Crippen LogP contribution in [0.25, 0.3) is 21.5 Å². The Morgan fingerprint density at radius 2 is 1.44 bits per heavy atom. The fraction of sp³-hybridized carbons (Fsp3) is 0.160. The number of amides is 1. The summed E-state index contributed by atoms with van der Waals surface area (Å²) >= 11 is 0. The van der Waals surface area contributed by atoms with Crippen LogP contribution in [0.5, 0.6) is 0 Å². The summed E-state index contributed by atoms with van der Waals surface area (Å²) in [6.45, 7) is 6.66. The van der Waals surface area contributed by atoms with Crippen LogP contribution < -0.4 is 5.32 Å². The third-order valence-corrected chi connectivity index (χ3v) is 4.63. The van der Waals surface area contributed by atoms with Crippen molar-refractivity contribution < 1.29 is 4.79 Å². The molecule has 0 aliphatic rings. The second-order valence-electron chi connectivity index (χ2n) is 6.34. The van der Waals surface area contributed by atoms with E-state index in [2.05, 4.69) is 36.5 Å². The maximum Gasteiger partial charge on any atom is 0.251 e. The second-order valence-corrected chi connectivity index (χ2v) is 6.34. The summed E-state index contributed by atoms with van der Waals surface area (Å²) in [6, 6.07) is 26.4. The molecule has 2 heteroatoms. The van der Waals surface area contributed by atoms with Gasteiger partial charge in [-0.1, -0.05) is 80.6 Å². The fourth-order valence-electron chi connectivity index (χ4n) is 3.31. The number of nitrogens with one attached hydrogen (secondary N) is 1. The Bertz CT molecular complexity index is 1070. The van der Waals surface area contributed by atoms with Crippen LogP contribution in [0, 0.1) is 6.92 Å². The van der Waals surface area contributed by atoms with E-state index in [1.807, 2.05) is 68.4 Å². The summed E-state index contributed by atoms with van der Waals surface area (Å²) in [5.74, 6) is -0.0459. The van der Waals surface area contributed by atoms with Crippen LogP contribution in [0.2, 0.25) is 0 Å². The smallest absolute Gasteiger partial charge is 0.251 e. The van der Waals surface area contributed by atoms with E-state index in [-0.39, 0.29) is 5.91 Å². The van der Waals surface area contributed by atoms with Gasteiger partial charge in [0, 0.05) is 12.1 Å². The molecule has 0 radical (unpaired) electrons. The fourth-order valence-corrected chi connectivity index (χ4v) is 3.31. The molecule has 0 fully saturated rings. The molecule has 0 aliphatic heterocycles. The predicted molar refractivity (Wildman–Crippen MR) is 115 cm³/mol. The normalized spacial score (nSPS) is 10.3. The molecular formula is C25H25NO. The highest BCUT2D eigenvalue weighted by Gasteiger charge is 2.09. The molecule has 27 heavy (non-hydrogen) atoms. The van der Waals surface area contributed by atoms with Crippen LogP contribution in [-0.2, 0) is 6.54 Å². The quantitative estimate of drug-likeness (QED) is 0.432. The van der Waals surface area contributed by atoms with Crippen molar-refractivity contribution in [2.45, 2.75) is 27.3 Å². The summed E-state index contributed by atoms with van der Waals surface area (Å²) in [7, 11) is 0. The highest BCUT2D eigenvalue weighted by Crippen LogP contribution is 2.29. The summed E-state index contributed by atoms with van der Waals surface area (Å²) in [6.07, 6.45) is 0. The van der Waals surface area contributed by atoms with Gasteiger partial charge in [0.25, 0.3) is 5.91 Å². The van der Waals surface area contributed by atoms with Gasteiger partial charge in [0.1, 0.15) is 0 Å². The zero-order valence-corrected chi connectivity index (χ0v) is 16.1. The molecule has 0 atom stereocenters. The average Bonchev–Trinajstić information content (AvgIpc) is 2.74. The molecule has 0 saturated carbocycles. The number of aryl methyl sites for hydroxylation is 1. The molecule has 0 aliphatic carbocycles. The van der Waals surface area contributed by atoms with Gasteiger partial charge < -0.3 is 5.32 Å². The molecule has 0 spiro atoms. The Labute approximate surface area is 160 Å². The van der Waals surface area contributed by atoms with Gasteiger partial charge in [-0.25, -0.2) is 0 Å². The monoisotopic (exact) mass is 355 g/mol. The topological polar surface area (TPSA) is 29.1 Å². The lowest BCUT2D eigenvalue weighted by Gasteiger charge is -2.10. The summed E-state index contributed by atoms with van der Waals surface area (Å²) in [5, 5.41) is 7.71. The van der Waals surface area contributed by atoms with Crippen molar-refractivity contribution in [2.75, 3.05) is 0 Å². The van der Waals surface area contributed by atoms with Crippen molar-refractivity contribution in [3.8, 4) is 0 Å². The van der Waals surface area contributed by atoms with Crippen LogP contribution >= 0.6 is 0 Å². The first-order valence-corrected chi connectivity index (χ1v) is 9.46. The van der Waals surface area contributed by atoms with Crippen molar-refractivity contribution in [3.63, 3.8) is 0 Å². The molecule has 0 bridgehead atoms. The van der Waals surface area contributed by atoms with E-state index in [0.717, 1.165) is 16.3 Å². The summed E-state index contributed by atoms with van der Waals surface area (Å²) in [5.41, 5.74) is 3.04. The van der Waals surface area contributed by atoms with Crippen LogP contribution in [-0.4, -0.2) is 5.91 Å². The molecule has 0 heterocycles. The summed E-state index contributed by atoms with van der Waals surface area (Å²) in [4.78, 5) is 12.6. The molecular weight excluding hydrogens is 330 g/mol. The number of carbonyl (C=O) groups is 1. The van der Waals surface area contributed by atoms with Gasteiger partial charge in [-0.05, 0) is 51.7 Å². The van der Waals surface area contributed by atoms with Crippen LogP contribution in [0.1, 0.15) is 35.3 Å². The largest absolute Gasteiger partial charge is 0.348 e. The maximum atomic E-state index is 12.6. The molecule has 0 aromatic heterocycles. The first kappa shape index (κ1) is 18.7. The molecule has 136 valence electrons. The number of hydrogen-bond donors (Lipinski definition) is 1. The standard InChI is InChI=1S/C23H19NO.C2H6/c1-16-13-18-11-12-19(14-22(18)21-10-6-5-9-20(16)21)23(25)24-15-17-7-3-2-4-8-17;1-2/h2-14H,15H2,1H3,(H,24,25);1-2H3. The molecule has 0 unspecified atom stereocenters. The van der Waals surface area contributed by atoms with Gasteiger partial charge >= 0.3 is 0 Å². The third-order valence-electron chi connectivity index (χ3n) is 4.63. The Morgan fingerprint density at radius 1 is 0.778 bits per heavy atom. The average molecular weight is 355 g/mol. The van der Waals surface area contributed by atoms with Crippen LogP contribution in [0.4, 0.5) is 0 Å². The van der Waals surface area contributed by atoms with Gasteiger partial charge in [0.05, 0.1) is 0 Å². The second kappa shape index (κ2) is 8.50. The van der Waals surface area contributed by atoms with Crippen LogP contribution in [0.15, 0.2) is 78.9 Å². The molecule has 1 amide bonds. The van der Waals surface area contributed by atoms with Crippen molar-refractivity contribution in [1.82, 2.24) is 5.32 Å². The van der Waals surface area contributed by atoms with Gasteiger partial charge in [0.2, 0.25) is 0 Å². The molecule has 4 aromatic rings. The van der Waals surface area contributed by atoms with E-state index in [1.54, 1.807) is 0 Å². The minimum Gasteiger partial charge on any atom is -0.348 e. The zero-order valence-electron chi connectivity index (χ0n) is 16.1. The Balaban J connectivity index is 0.00000102. The first-order chi connectivity index (χ1) is 13.2. The van der Waals surface area contributed by atoms with Crippen molar-refractivity contribution in [1.29, 1.82) is 0 Å². The number of rotatable bonds is 3. The minimum absolute atomic E-state index is 0.0459. The molecule has 4 rings (SSSR count). The third kappa shape index (κ3) is 4.01. The lowest BCUT2D eigenvalue weighted by Crippen LogP contribution is -2.22. The number of fused-ring (bicyclic) bond motifs is 3. The zero-order chi connectivity index (χ0) is 19.2. The lowest BCUT2D eigenvalue weighted by molar-refractivity contribution is 0.0951. The maximum absolute atomic E-state index is 12.6. The van der Waals surface area contributed by atoms with E-state index >= 15 is 0 Å². The molecule has 2 nitrogen and oxygen atoms in total. The molecule has 4 aromatic carbocycles. The summed E-state index contributed by atoms with van der Waals surface area (Å²) < 4.78 is 0. The van der Waals surface area contributed by atoms with Gasteiger partial charge in [-0.15, -0.1) is 0 Å². The van der Waals surface area contributed by atoms with E-state index < -0.39 is 0 Å². The number of carbonyl (C=O) groups excluding carboxylic acids is 1. The van der Waals surface area contributed by atoms with Crippen molar-refractivity contribution >= 4 is 27.5 Å². The van der Waals surface area contributed by atoms with Gasteiger partial charge in [-0.3, -0.25) is 4.79 Å². The minimum atomic E-state index is -0.0459. The van der Waals surface area contributed by atoms with E-state index in [0.29, 0.717) is 12.1 Å². The van der Waals surface area contributed by atoms with E-state index in [1.165, 1.54) is 16.3 Å². The van der Waals surface area contributed by atoms with E-state index in [4.69, 9.17) is 0 Å². The molecule has 1 N–H and O–H groups in total. The number of benzene rings is 4. The Kier molecular flexibility index (Phi) is 5.87. The van der Waals surface area contributed by atoms with Gasteiger partial charge in [0.15, 0.2) is 0 Å². The lowest BCUT2D eigenvalue weighted by atomic mass is 9.96. The first-order valence-electron chi connectivity index (χ1n) is 9.46. The highest BCUT2D eigenvalue weighted by atomic mass is 16.1. The Morgan fingerprint density at radius 3 is 2.19 bits per heavy atom. The SMILES string of the molecule is CC.Cc1cc2ccc(C(=O)NCc3ccccc3)cc2c2ccccc12. The highest BCUT2D eigenvalue weighted by molar-refractivity contribution is 6.11. The predicted octanol–water partition coefficient (Wildman–Crippen LogP) is 6.26. The Hall–Kier alpha value is -3.13. The van der Waals surface area contributed by atoms with Crippen molar-refractivity contribution in [3.05, 3.63) is 95.6 Å². The van der Waals surface area contributed by atoms with Crippen molar-refractivity contribution in [2.24, 2.45) is 0 Å². The van der Waals surface area contributed by atoms with E-state index in [9.17, 15) is 4.79 Å². The molecule has 0 saturated heterocycles. The van der Waals surface area contributed by atoms with Gasteiger partial charge in [-0.2, -0.15) is 0 Å².